The fourth-order valence-electron chi connectivity index (χ4n) is 1.72. The highest BCUT2D eigenvalue weighted by molar-refractivity contribution is 7.89. The maximum atomic E-state index is 13.2. The van der Waals surface area contributed by atoms with E-state index in [1.54, 1.807) is 0 Å². The van der Waals surface area contributed by atoms with Crippen LogP contribution in [0.15, 0.2) is 23.1 Å². The van der Waals surface area contributed by atoms with E-state index in [1.807, 2.05) is 0 Å². The van der Waals surface area contributed by atoms with Gasteiger partial charge in [-0.2, -0.15) is 0 Å². The minimum Gasteiger partial charge on any atom is -0.478 e. The molecule has 0 unspecified atom stereocenters. The molecule has 0 aliphatic heterocycles. The molecule has 8 heteroatoms. The molecule has 118 valence electrons. The molecule has 0 saturated heterocycles. The van der Waals surface area contributed by atoms with Crippen LogP contribution in [0.2, 0.25) is 0 Å². The van der Waals surface area contributed by atoms with Gasteiger partial charge in [-0.25, -0.2) is 22.3 Å². The Bertz CT molecular complexity index is 588. The third kappa shape index (κ3) is 5.41. The number of aliphatic hydroxyl groups excluding tert-OH is 1. The van der Waals surface area contributed by atoms with Gasteiger partial charge in [0.15, 0.2) is 0 Å². The third-order valence-corrected chi connectivity index (χ3v) is 4.31. The number of sulfonamides is 1. The second-order valence-electron chi connectivity index (χ2n) is 4.48. The Balaban J connectivity index is 2.66. The number of unbranched alkanes of at least 4 members (excludes halogenated alkanes) is 3. The molecule has 1 aromatic rings. The minimum absolute atomic E-state index is 0.110. The fraction of sp³-hybridized carbons (Fsp3) is 0.462. The largest absolute Gasteiger partial charge is 0.478 e. The number of hydrogen-bond acceptors (Lipinski definition) is 4. The lowest BCUT2D eigenvalue weighted by Crippen LogP contribution is -2.25. The van der Waals surface area contributed by atoms with Gasteiger partial charge >= 0.3 is 5.97 Å². The van der Waals surface area contributed by atoms with Crippen LogP contribution < -0.4 is 4.72 Å². The van der Waals surface area contributed by atoms with Crippen LogP contribution in [0.4, 0.5) is 4.39 Å². The first-order valence-corrected chi connectivity index (χ1v) is 8.00. The van der Waals surface area contributed by atoms with E-state index in [0.717, 1.165) is 31.0 Å². The highest BCUT2D eigenvalue weighted by Gasteiger charge is 2.18. The molecule has 0 aromatic heterocycles. The number of carbonyl (C=O) groups is 1. The number of carboxylic acids is 1. The zero-order chi connectivity index (χ0) is 15.9. The van der Waals surface area contributed by atoms with Crippen molar-refractivity contribution in [3.05, 3.63) is 29.6 Å². The number of aliphatic hydroxyl groups is 1. The molecule has 1 rings (SSSR count). The Kier molecular flexibility index (Phi) is 6.73. The van der Waals surface area contributed by atoms with Gasteiger partial charge in [0.1, 0.15) is 5.82 Å². The lowest BCUT2D eigenvalue weighted by Gasteiger charge is -2.08. The second-order valence-corrected chi connectivity index (χ2v) is 6.25. The Morgan fingerprint density at radius 2 is 1.86 bits per heavy atom. The number of carboxylic acid groups (broad SMARTS) is 1. The van der Waals surface area contributed by atoms with Crippen LogP contribution in [0.3, 0.4) is 0 Å². The molecule has 0 radical (unpaired) electrons. The SMILES string of the molecule is O=C(O)c1cc(S(=O)(=O)NCCCCCCO)ccc1F. The van der Waals surface area contributed by atoms with Crippen LogP contribution in [0.5, 0.6) is 0 Å². The average molecular weight is 319 g/mol. The zero-order valence-electron chi connectivity index (χ0n) is 11.4. The molecule has 1 aromatic carbocycles. The summed E-state index contributed by atoms with van der Waals surface area (Å²) in [6.45, 7) is 0.312. The van der Waals surface area contributed by atoms with Crippen LogP contribution in [-0.4, -0.2) is 37.8 Å². The highest BCUT2D eigenvalue weighted by atomic mass is 32.2. The van der Waals surface area contributed by atoms with E-state index in [-0.39, 0.29) is 18.0 Å². The molecule has 0 aliphatic carbocycles. The first-order valence-electron chi connectivity index (χ1n) is 6.52. The normalized spacial score (nSPS) is 11.5. The van der Waals surface area contributed by atoms with Gasteiger partial charge in [0.25, 0.3) is 0 Å². The molecular weight excluding hydrogens is 301 g/mol. The van der Waals surface area contributed by atoms with Crippen LogP contribution >= 0.6 is 0 Å². The predicted octanol–water partition coefficient (Wildman–Crippen LogP) is 1.35. The number of rotatable bonds is 9. The summed E-state index contributed by atoms with van der Waals surface area (Å²) in [5.74, 6) is -2.50. The summed E-state index contributed by atoms with van der Waals surface area (Å²) in [5, 5.41) is 17.4. The fourth-order valence-corrected chi connectivity index (χ4v) is 2.82. The van der Waals surface area contributed by atoms with Gasteiger partial charge in [-0.3, -0.25) is 0 Å². The van der Waals surface area contributed by atoms with Crippen molar-refractivity contribution >= 4 is 16.0 Å². The lowest BCUT2D eigenvalue weighted by molar-refractivity contribution is 0.0691. The van der Waals surface area contributed by atoms with Gasteiger partial charge in [0, 0.05) is 13.2 Å². The maximum Gasteiger partial charge on any atom is 0.338 e. The van der Waals surface area contributed by atoms with E-state index in [0.29, 0.717) is 12.8 Å². The van der Waals surface area contributed by atoms with E-state index in [4.69, 9.17) is 10.2 Å². The van der Waals surface area contributed by atoms with Gasteiger partial charge < -0.3 is 10.2 Å². The molecule has 0 aliphatic rings. The molecule has 0 spiro atoms. The van der Waals surface area contributed by atoms with Crippen LogP contribution in [0.25, 0.3) is 0 Å². The monoisotopic (exact) mass is 319 g/mol. The molecule has 0 fully saturated rings. The molecule has 0 saturated carbocycles. The van der Waals surface area contributed by atoms with E-state index < -0.39 is 27.4 Å². The Labute approximate surface area is 122 Å². The standard InChI is InChI=1S/C13H18FNO5S/c14-12-6-5-10(9-11(12)13(17)18)21(19,20)15-7-3-1-2-4-8-16/h5-6,9,15-16H,1-4,7-8H2,(H,17,18). The smallest absolute Gasteiger partial charge is 0.338 e. The zero-order valence-corrected chi connectivity index (χ0v) is 12.2. The minimum atomic E-state index is -3.86. The quantitative estimate of drug-likeness (QED) is 0.596. The van der Waals surface area contributed by atoms with E-state index in [9.17, 15) is 17.6 Å². The summed E-state index contributed by atoms with van der Waals surface area (Å²) in [6, 6.07) is 2.64. The molecule has 0 atom stereocenters. The number of halogens is 1. The summed E-state index contributed by atoms with van der Waals surface area (Å²) < 4.78 is 39.4. The number of nitrogens with one attached hydrogen (secondary N) is 1. The average Bonchev–Trinajstić information content (AvgIpc) is 2.42. The topological polar surface area (TPSA) is 104 Å². The van der Waals surface area contributed by atoms with Crippen LogP contribution in [0.1, 0.15) is 36.0 Å². The van der Waals surface area contributed by atoms with Crippen molar-refractivity contribution < 1.29 is 27.8 Å². The summed E-state index contributed by atoms with van der Waals surface area (Å²) in [7, 11) is -3.86. The lowest BCUT2D eigenvalue weighted by atomic mass is 10.2. The highest BCUT2D eigenvalue weighted by Crippen LogP contribution is 2.15. The maximum absolute atomic E-state index is 13.2. The van der Waals surface area contributed by atoms with Gasteiger partial charge in [-0.1, -0.05) is 12.8 Å². The predicted molar refractivity (Wildman–Crippen MR) is 74.1 cm³/mol. The van der Waals surface area contributed by atoms with Gasteiger partial charge in [0.2, 0.25) is 10.0 Å². The van der Waals surface area contributed by atoms with Crippen molar-refractivity contribution in [2.45, 2.75) is 30.6 Å². The van der Waals surface area contributed by atoms with Crippen molar-refractivity contribution in [3.63, 3.8) is 0 Å². The van der Waals surface area contributed by atoms with Crippen LogP contribution in [-0.2, 0) is 10.0 Å². The summed E-state index contributed by atoms with van der Waals surface area (Å²) in [5.41, 5.74) is -0.680. The number of hydrogen-bond donors (Lipinski definition) is 3. The third-order valence-electron chi connectivity index (χ3n) is 2.86. The Morgan fingerprint density at radius 1 is 1.19 bits per heavy atom. The molecule has 3 N–H and O–H groups in total. The first-order chi connectivity index (χ1) is 9.88. The van der Waals surface area contributed by atoms with E-state index >= 15 is 0 Å². The first kappa shape index (κ1) is 17.5. The number of benzene rings is 1. The summed E-state index contributed by atoms with van der Waals surface area (Å²) in [6.07, 6.45) is 2.85. The summed E-state index contributed by atoms with van der Waals surface area (Å²) >= 11 is 0. The van der Waals surface area contributed by atoms with Crippen molar-refractivity contribution in [1.29, 1.82) is 0 Å². The molecule has 0 bridgehead atoms. The van der Waals surface area contributed by atoms with E-state index in [2.05, 4.69) is 4.72 Å². The van der Waals surface area contributed by atoms with Gasteiger partial charge in [-0.15, -0.1) is 0 Å². The van der Waals surface area contributed by atoms with Crippen molar-refractivity contribution in [2.75, 3.05) is 13.2 Å². The van der Waals surface area contributed by atoms with Gasteiger partial charge in [0.05, 0.1) is 10.5 Å². The molecule has 0 heterocycles. The second kappa shape index (κ2) is 8.06. The van der Waals surface area contributed by atoms with Crippen LogP contribution in [0, 0.1) is 5.82 Å². The van der Waals surface area contributed by atoms with Crippen molar-refractivity contribution in [3.8, 4) is 0 Å². The van der Waals surface area contributed by atoms with Crippen molar-refractivity contribution in [2.24, 2.45) is 0 Å². The Hall–Kier alpha value is -1.51. The van der Waals surface area contributed by atoms with Crippen molar-refractivity contribution in [1.82, 2.24) is 4.72 Å². The molecule has 0 amide bonds. The van der Waals surface area contributed by atoms with Gasteiger partial charge in [-0.05, 0) is 31.0 Å². The number of aromatic carboxylic acids is 1. The molecule has 21 heavy (non-hydrogen) atoms. The molecular formula is C13H18FNO5S. The molecule has 6 nitrogen and oxygen atoms in total. The summed E-state index contributed by atoms with van der Waals surface area (Å²) in [4.78, 5) is 10.5. The van der Waals surface area contributed by atoms with E-state index in [1.165, 1.54) is 0 Å². The Morgan fingerprint density at radius 3 is 2.48 bits per heavy atom.